The molecule has 0 saturated carbocycles. The summed E-state index contributed by atoms with van der Waals surface area (Å²) in [5.41, 5.74) is 2.43. The predicted octanol–water partition coefficient (Wildman–Crippen LogP) is 3.97. The van der Waals surface area contributed by atoms with Crippen molar-refractivity contribution in [2.24, 2.45) is 0 Å². The monoisotopic (exact) mass is 423 g/mol. The number of aliphatic hydroxyl groups excluding tert-OH is 1. The number of aryl methyl sites for hydroxylation is 1. The van der Waals surface area contributed by atoms with Gasteiger partial charge in [0.05, 0.1) is 11.9 Å². The lowest BCUT2D eigenvalue weighted by Crippen LogP contribution is -2.35. The second-order valence-corrected chi connectivity index (χ2v) is 6.62. The lowest BCUT2D eigenvalue weighted by molar-refractivity contribution is 0.177. The molecule has 8 heteroatoms. The average molecular weight is 424 g/mol. The summed E-state index contributed by atoms with van der Waals surface area (Å²) in [4.78, 5) is 9.56. The molecule has 0 aromatic carbocycles. The minimum atomic E-state index is -0.964. The molecular weight excluding hydrogens is 408 g/mol. The van der Waals surface area contributed by atoms with Crippen molar-refractivity contribution in [3.05, 3.63) is 75.6 Å². The zero-order valence-corrected chi connectivity index (χ0v) is 15.7. The van der Waals surface area contributed by atoms with Gasteiger partial charge in [0.25, 0.3) is 0 Å². The van der Waals surface area contributed by atoms with Crippen molar-refractivity contribution in [1.82, 2.24) is 9.97 Å². The fourth-order valence-electron chi connectivity index (χ4n) is 2.62. The van der Waals surface area contributed by atoms with Crippen molar-refractivity contribution < 1.29 is 18.6 Å². The Morgan fingerprint density at radius 3 is 2.69 bits per heavy atom. The van der Waals surface area contributed by atoms with Crippen LogP contribution in [0.5, 0.6) is 0 Å². The van der Waals surface area contributed by atoms with Gasteiger partial charge >= 0.3 is 0 Å². The van der Waals surface area contributed by atoms with Crippen molar-refractivity contribution in [2.75, 3.05) is 4.90 Å². The van der Waals surface area contributed by atoms with Gasteiger partial charge in [-0.25, -0.2) is 13.8 Å². The van der Waals surface area contributed by atoms with E-state index in [0.29, 0.717) is 10.4 Å². The Kier molecular flexibility index (Phi) is 5.33. The lowest BCUT2D eigenvalue weighted by Gasteiger charge is -2.33. The highest BCUT2D eigenvalue weighted by molar-refractivity contribution is 9.10. The van der Waals surface area contributed by atoms with Gasteiger partial charge in [0.1, 0.15) is 28.5 Å². The van der Waals surface area contributed by atoms with Crippen LogP contribution in [0.25, 0.3) is 0 Å². The SMILES string of the molecule is CC1=CC(OCc2ncc(F)cc2F)=CC(O)N1c1cc(Br)ncc1C. The summed E-state index contributed by atoms with van der Waals surface area (Å²) >= 11 is 3.33. The van der Waals surface area contributed by atoms with Gasteiger partial charge in [-0.2, -0.15) is 0 Å². The maximum atomic E-state index is 13.6. The van der Waals surface area contributed by atoms with Gasteiger partial charge in [-0.3, -0.25) is 4.98 Å². The van der Waals surface area contributed by atoms with Crippen molar-refractivity contribution in [3.8, 4) is 0 Å². The van der Waals surface area contributed by atoms with E-state index in [-0.39, 0.29) is 12.3 Å². The third-order valence-electron chi connectivity index (χ3n) is 3.87. The number of hydrogen-bond donors (Lipinski definition) is 1. The quantitative estimate of drug-likeness (QED) is 0.753. The van der Waals surface area contributed by atoms with E-state index in [1.807, 2.05) is 19.9 Å². The summed E-state index contributed by atoms with van der Waals surface area (Å²) in [6.07, 6.45) is 4.90. The molecule has 0 fully saturated rings. The van der Waals surface area contributed by atoms with Crippen molar-refractivity contribution in [2.45, 2.75) is 26.7 Å². The molecule has 2 aromatic heterocycles. The van der Waals surface area contributed by atoms with Crippen LogP contribution in [0, 0.1) is 18.6 Å². The van der Waals surface area contributed by atoms with E-state index in [1.165, 1.54) is 6.08 Å². The van der Waals surface area contributed by atoms with Crippen LogP contribution in [0.15, 0.2) is 52.7 Å². The summed E-state index contributed by atoms with van der Waals surface area (Å²) in [6.45, 7) is 3.55. The molecule has 1 atom stereocenters. The number of aliphatic hydroxyl groups is 1. The molecular formula is C18H16BrF2N3O2. The highest BCUT2D eigenvalue weighted by Crippen LogP contribution is 2.31. The van der Waals surface area contributed by atoms with E-state index in [2.05, 4.69) is 25.9 Å². The number of hydrogen-bond acceptors (Lipinski definition) is 5. The molecule has 1 aliphatic heterocycles. The van der Waals surface area contributed by atoms with Gasteiger partial charge in [0.2, 0.25) is 0 Å². The second kappa shape index (κ2) is 7.51. The number of anilines is 1. The number of nitrogens with zero attached hydrogens (tertiary/aromatic N) is 3. The molecule has 3 rings (SSSR count). The topological polar surface area (TPSA) is 58.5 Å². The molecule has 0 aliphatic carbocycles. The molecule has 0 saturated heterocycles. The number of allylic oxidation sites excluding steroid dienone is 2. The first-order valence-electron chi connectivity index (χ1n) is 7.77. The van der Waals surface area contributed by atoms with E-state index in [0.717, 1.165) is 29.2 Å². The molecule has 0 radical (unpaired) electrons. The van der Waals surface area contributed by atoms with Crippen LogP contribution in [-0.2, 0) is 11.3 Å². The molecule has 1 N–H and O–H groups in total. The smallest absolute Gasteiger partial charge is 0.154 e. The van der Waals surface area contributed by atoms with E-state index in [1.54, 1.807) is 17.2 Å². The highest BCUT2D eigenvalue weighted by atomic mass is 79.9. The lowest BCUT2D eigenvalue weighted by atomic mass is 10.1. The Labute approximate surface area is 157 Å². The normalized spacial score (nSPS) is 17.0. The van der Waals surface area contributed by atoms with Gasteiger partial charge in [0, 0.05) is 24.0 Å². The third-order valence-corrected chi connectivity index (χ3v) is 4.30. The molecule has 136 valence electrons. The molecule has 0 amide bonds. The fraction of sp³-hybridized carbons (Fsp3) is 0.222. The molecule has 1 unspecified atom stereocenters. The summed E-state index contributed by atoms with van der Waals surface area (Å²) in [5.74, 6) is -1.15. The molecule has 0 spiro atoms. The first-order chi connectivity index (χ1) is 12.3. The number of ether oxygens (including phenoxy) is 1. The molecule has 2 aromatic rings. The highest BCUT2D eigenvalue weighted by Gasteiger charge is 2.23. The van der Waals surface area contributed by atoms with Gasteiger partial charge < -0.3 is 14.7 Å². The predicted molar refractivity (Wildman–Crippen MR) is 95.9 cm³/mol. The summed E-state index contributed by atoms with van der Waals surface area (Å²) in [6, 6.07) is 2.57. The van der Waals surface area contributed by atoms with Crippen LogP contribution in [-0.4, -0.2) is 21.3 Å². The number of aromatic nitrogens is 2. The largest absolute Gasteiger partial charge is 0.487 e. The first-order valence-corrected chi connectivity index (χ1v) is 8.56. The molecule has 5 nitrogen and oxygen atoms in total. The molecule has 3 heterocycles. The summed E-state index contributed by atoms with van der Waals surface area (Å²) in [7, 11) is 0. The van der Waals surface area contributed by atoms with Crippen LogP contribution in [0.1, 0.15) is 18.2 Å². The second-order valence-electron chi connectivity index (χ2n) is 5.80. The number of pyridine rings is 2. The van der Waals surface area contributed by atoms with Gasteiger partial charge in [-0.1, -0.05) is 0 Å². The molecule has 1 aliphatic rings. The Bertz CT molecular complexity index is 902. The van der Waals surface area contributed by atoms with Crippen LogP contribution in [0.3, 0.4) is 0 Å². The standard InChI is InChI=1S/C18H16BrF2N3O2/c1-10-7-23-17(19)6-16(10)24-11(2)3-13(5-18(24)25)26-9-15-14(21)4-12(20)8-22-15/h3-8,18,25H,9H2,1-2H3. The summed E-state index contributed by atoms with van der Waals surface area (Å²) in [5, 5.41) is 10.5. The maximum Gasteiger partial charge on any atom is 0.154 e. The Morgan fingerprint density at radius 2 is 2.00 bits per heavy atom. The van der Waals surface area contributed by atoms with Gasteiger partial charge in [-0.15, -0.1) is 0 Å². The van der Waals surface area contributed by atoms with Crippen molar-refractivity contribution in [3.63, 3.8) is 0 Å². The number of rotatable bonds is 4. The van der Waals surface area contributed by atoms with E-state index >= 15 is 0 Å². The maximum absolute atomic E-state index is 13.6. The average Bonchev–Trinajstić information content (AvgIpc) is 2.56. The van der Waals surface area contributed by atoms with Crippen LogP contribution < -0.4 is 4.90 Å². The van der Waals surface area contributed by atoms with E-state index in [4.69, 9.17) is 4.74 Å². The molecule has 26 heavy (non-hydrogen) atoms. The van der Waals surface area contributed by atoms with Crippen molar-refractivity contribution in [1.29, 1.82) is 0 Å². The van der Waals surface area contributed by atoms with Gasteiger partial charge in [0.15, 0.2) is 12.0 Å². The fourth-order valence-corrected chi connectivity index (χ4v) is 2.94. The Hall–Kier alpha value is -2.32. The minimum Gasteiger partial charge on any atom is -0.487 e. The van der Waals surface area contributed by atoms with Crippen LogP contribution in [0.4, 0.5) is 14.5 Å². The summed E-state index contributed by atoms with van der Waals surface area (Å²) < 4.78 is 32.7. The first kappa shape index (κ1) is 18.5. The molecule has 0 bridgehead atoms. The van der Waals surface area contributed by atoms with E-state index in [9.17, 15) is 13.9 Å². The Balaban J connectivity index is 1.77. The van der Waals surface area contributed by atoms with Crippen molar-refractivity contribution >= 4 is 21.6 Å². The third kappa shape index (κ3) is 3.91. The van der Waals surface area contributed by atoms with Crippen LogP contribution >= 0.6 is 15.9 Å². The Morgan fingerprint density at radius 1 is 1.23 bits per heavy atom. The van der Waals surface area contributed by atoms with E-state index < -0.39 is 17.9 Å². The zero-order valence-electron chi connectivity index (χ0n) is 14.1. The van der Waals surface area contributed by atoms with Crippen LogP contribution in [0.2, 0.25) is 0 Å². The zero-order chi connectivity index (χ0) is 18.8. The van der Waals surface area contributed by atoms with Gasteiger partial charge in [-0.05, 0) is 47.5 Å². The minimum absolute atomic E-state index is 0.0100. The number of halogens is 3.